The molecule has 0 radical (unpaired) electrons. The van der Waals surface area contributed by atoms with E-state index in [0.717, 1.165) is 4.90 Å². The van der Waals surface area contributed by atoms with E-state index < -0.39 is 0 Å². The van der Waals surface area contributed by atoms with Gasteiger partial charge in [0, 0.05) is 6.07 Å². The zero-order chi connectivity index (χ0) is 8.97. The molecule has 1 rings (SSSR count). The molecule has 0 fully saturated rings. The summed E-state index contributed by atoms with van der Waals surface area (Å²) in [6, 6.07) is 4.60. The summed E-state index contributed by atoms with van der Waals surface area (Å²) in [6.07, 6.45) is 1.91. The summed E-state index contributed by atoms with van der Waals surface area (Å²) in [5.41, 5.74) is 0.248. The Kier molecular flexibility index (Phi) is 3.43. The highest BCUT2D eigenvalue weighted by Crippen LogP contribution is 2.37. The van der Waals surface area contributed by atoms with E-state index in [2.05, 4.69) is 5.18 Å². The molecule has 0 heterocycles. The summed E-state index contributed by atoms with van der Waals surface area (Å²) in [5, 5.41) is 12.0. The van der Waals surface area contributed by atoms with Gasteiger partial charge in [-0.05, 0) is 23.6 Å². The molecule has 0 saturated heterocycles. The Morgan fingerprint density at radius 1 is 1.50 bits per heavy atom. The standard InChI is InChI=1S/C7H7NO2S2/c1-11-12-7-3-2-5(8-10)4-6(7)9/h2-4,9H,1H3. The summed E-state index contributed by atoms with van der Waals surface area (Å²) < 4.78 is 0. The lowest BCUT2D eigenvalue weighted by atomic mass is 10.3. The molecule has 0 saturated carbocycles. The van der Waals surface area contributed by atoms with Gasteiger partial charge >= 0.3 is 0 Å². The van der Waals surface area contributed by atoms with Crippen LogP contribution in [-0.2, 0) is 0 Å². The van der Waals surface area contributed by atoms with Gasteiger partial charge in [-0.1, -0.05) is 21.6 Å². The first kappa shape index (κ1) is 9.41. The maximum absolute atomic E-state index is 10.1. The highest BCUT2D eigenvalue weighted by atomic mass is 33.1. The van der Waals surface area contributed by atoms with Crippen LogP contribution in [-0.4, -0.2) is 11.4 Å². The van der Waals surface area contributed by atoms with Crippen molar-refractivity contribution in [1.82, 2.24) is 0 Å². The molecule has 0 aromatic heterocycles. The molecule has 1 aromatic rings. The first-order valence-electron chi connectivity index (χ1n) is 3.15. The predicted molar refractivity (Wildman–Crippen MR) is 52.9 cm³/mol. The van der Waals surface area contributed by atoms with Crippen LogP contribution in [0.15, 0.2) is 28.3 Å². The van der Waals surface area contributed by atoms with Crippen molar-refractivity contribution < 1.29 is 5.11 Å². The van der Waals surface area contributed by atoms with Crippen molar-refractivity contribution in [3.63, 3.8) is 0 Å². The summed E-state index contributed by atoms with van der Waals surface area (Å²) in [5.74, 6) is 0.103. The van der Waals surface area contributed by atoms with Gasteiger partial charge in [0.25, 0.3) is 0 Å². The first-order valence-corrected chi connectivity index (χ1v) is 5.70. The molecule has 64 valence electrons. The Morgan fingerprint density at radius 3 is 2.75 bits per heavy atom. The SMILES string of the molecule is CSSc1ccc(N=O)cc1O. The summed E-state index contributed by atoms with van der Waals surface area (Å²) in [7, 11) is 2.97. The van der Waals surface area contributed by atoms with Crippen LogP contribution in [0.4, 0.5) is 5.69 Å². The van der Waals surface area contributed by atoms with Gasteiger partial charge in [-0.25, -0.2) is 0 Å². The minimum atomic E-state index is 0.103. The zero-order valence-corrected chi connectivity index (χ0v) is 7.98. The van der Waals surface area contributed by atoms with Crippen LogP contribution in [0, 0.1) is 4.91 Å². The Balaban J connectivity index is 2.94. The van der Waals surface area contributed by atoms with Crippen molar-refractivity contribution in [2.75, 3.05) is 6.26 Å². The Labute approximate surface area is 77.9 Å². The lowest BCUT2D eigenvalue weighted by Gasteiger charge is -2.00. The van der Waals surface area contributed by atoms with Crippen LogP contribution < -0.4 is 0 Å². The van der Waals surface area contributed by atoms with E-state index in [4.69, 9.17) is 0 Å². The van der Waals surface area contributed by atoms with E-state index in [-0.39, 0.29) is 11.4 Å². The largest absolute Gasteiger partial charge is 0.507 e. The topological polar surface area (TPSA) is 49.7 Å². The number of phenolic OH excluding ortho intramolecular Hbond substituents is 1. The number of phenols is 1. The highest BCUT2D eigenvalue weighted by molar-refractivity contribution is 8.76. The third-order valence-electron chi connectivity index (χ3n) is 1.22. The Hall–Kier alpha value is -0.680. The van der Waals surface area contributed by atoms with Gasteiger partial charge in [-0.3, -0.25) is 0 Å². The molecule has 0 aliphatic heterocycles. The van der Waals surface area contributed by atoms with Gasteiger partial charge < -0.3 is 5.11 Å². The quantitative estimate of drug-likeness (QED) is 0.602. The monoisotopic (exact) mass is 201 g/mol. The molecule has 0 bridgehead atoms. The minimum Gasteiger partial charge on any atom is -0.507 e. The molecular weight excluding hydrogens is 194 g/mol. The fraction of sp³-hybridized carbons (Fsp3) is 0.143. The van der Waals surface area contributed by atoms with Gasteiger partial charge in [-0.2, -0.15) is 0 Å². The Morgan fingerprint density at radius 2 is 2.25 bits per heavy atom. The Bertz CT molecular complexity index is 291. The van der Waals surface area contributed by atoms with Crippen molar-refractivity contribution in [2.45, 2.75) is 4.90 Å². The molecule has 1 aromatic carbocycles. The minimum absolute atomic E-state index is 0.103. The van der Waals surface area contributed by atoms with Crippen molar-refractivity contribution in [3.05, 3.63) is 23.1 Å². The van der Waals surface area contributed by atoms with Crippen LogP contribution in [0.2, 0.25) is 0 Å². The van der Waals surface area contributed by atoms with Crippen LogP contribution >= 0.6 is 21.6 Å². The van der Waals surface area contributed by atoms with Gasteiger partial charge in [0.15, 0.2) is 0 Å². The van der Waals surface area contributed by atoms with Gasteiger partial charge in [0.1, 0.15) is 11.4 Å². The number of nitroso groups, excluding NO2 is 1. The number of aromatic hydroxyl groups is 1. The van der Waals surface area contributed by atoms with Gasteiger partial charge in [-0.15, -0.1) is 4.91 Å². The number of hydrogen-bond donors (Lipinski definition) is 1. The molecule has 0 unspecified atom stereocenters. The molecule has 0 atom stereocenters. The van der Waals surface area contributed by atoms with Crippen molar-refractivity contribution in [2.24, 2.45) is 5.18 Å². The maximum Gasteiger partial charge on any atom is 0.132 e. The second-order valence-electron chi connectivity index (χ2n) is 1.99. The molecule has 0 amide bonds. The van der Waals surface area contributed by atoms with E-state index >= 15 is 0 Å². The van der Waals surface area contributed by atoms with Crippen molar-refractivity contribution >= 4 is 27.3 Å². The van der Waals surface area contributed by atoms with Gasteiger partial charge in [0.05, 0.1) is 4.90 Å². The highest BCUT2D eigenvalue weighted by Gasteiger charge is 2.02. The second-order valence-corrected chi connectivity index (χ2v) is 4.43. The van der Waals surface area contributed by atoms with E-state index in [1.54, 1.807) is 12.1 Å². The normalized spacial score (nSPS) is 9.75. The number of benzene rings is 1. The fourth-order valence-electron chi connectivity index (χ4n) is 0.723. The smallest absolute Gasteiger partial charge is 0.132 e. The van der Waals surface area contributed by atoms with Gasteiger partial charge in [0.2, 0.25) is 0 Å². The van der Waals surface area contributed by atoms with Crippen LogP contribution in [0.25, 0.3) is 0 Å². The van der Waals surface area contributed by atoms with E-state index in [0.29, 0.717) is 0 Å². The predicted octanol–water partition coefficient (Wildman–Crippen LogP) is 3.16. The van der Waals surface area contributed by atoms with Crippen molar-refractivity contribution in [1.29, 1.82) is 0 Å². The average Bonchev–Trinajstić information content (AvgIpc) is 2.09. The van der Waals surface area contributed by atoms with Crippen molar-refractivity contribution in [3.8, 4) is 5.75 Å². The molecule has 0 spiro atoms. The number of rotatable bonds is 3. The lowest BCUT2D eigenvalue weighted by molar-refractivity contribution is 0.463. The molecule has 3 nitrogen and oxygen atoms in total. The fourth-order valence-corrected chi connectivity index (χ4v) is 2.13. The van der Waals surface area contributed by atoms with E-state index in [1.165, 1.54) is 27.7 Å². The van der Waals surface area contributed by atoms with Crippen LogP contribution in [0.1, 0.15) is 0 Å². The van der Waals surface area contributed by atoms with E-state index in [1.807, 2.05) is 6.26 Å². The lowest BCUT2D eigenvalue weighted by Crippen LogP contribution is -1.70. The van der Waals surface area contributed by atoms with Crippen LogP contribution in [0.3, 0.4) is 0 Å². The van der Waals surface area contributed by atoms with Crippen LogP contribution in [0.5, 0.6) is 5.75 Å². The third-order valence-corrected chi connectivity index (χ3v) is 2.95. The maximum atomic E-state index is 10.1. The molecule has 5 heteroatoms. The molecular formula is C7H7NO2S2. The average molecular weight is 201 g/mol. The number of nitrogens with zero attached hydrogens (tertiary/aromatic N) is 1. The second kappa shape index (κ2) is 4.37. The summed E-state index contributed by atoms with van der Waals surface area (Å²) >= 11 is 0. The summed E-state index contributed by atoms with van der Waals surface area (Å²) in [4.78, 5) is 10.8. The third kappa shape index (κ3) is 2.15. The summed E-state index contributed by atoms with van der Waals surface area (Å²) in [6.45, 7) is 0. The first-order chi connectivity index (χ1) is 5.77. The molecule has 0 aliphatic carbocycles. The molecule has 1 N–H and O–H groups in total. The molecule has 12 heavy (non-hydrogen) atoms. The number of hydrogen-bond acceptors (Lipinski definition) is 5. The van der Waals surface area contributed by atoms with E-state index in [9.17, 15) is 10.0 Å². The molecule has 0 aliphatic rings. The zero-order valence-electron chi connectivity index (χ0n) is 6.35.